The fourth-order valence-electron chi connectivity index (χ4n) is 3.09. The summed E-state index contributed by atoms with van der Waals surface area (Å²) in [5.41, 5.74) is 4.18. The minimum absolute atomic E-state index is 0.305. The Morgan fingerprint density at radius 3 is 2.84 bits per heavy atom. The number of nitrogens with zero attached hydrogens (tertiary/aromatic N) is 1. The van der Waals surface area contributed by atoms with Gasteiger partial charge < -0.3 is 14.6 Å². The lowest BCUT2D eigenvalue weighted by Gasteiger charge is -2.14. The number of hydrogen-bond donors (Lipinski definition) is 1. The van der Waals surface area contributed by atoms with Gasteiger partial charge in [0.05, 0.1) is 5.69 Å². The number of fused-ring (bicyclic) bond motifs is 1. The van der Waals surface area contributed by atoms with Crippen molar-refractivity contribution >= 4 is 17.6 Å². The van der Waals surface area contributed by atoms with E-state index in [1.807, 2.05) is 25.1 Å². The van der Waals surface area contributed by atoms with E-state index < -0.39 is 12.1 Å². The molecule has 1 atom stereocenters. The molecule has 0 bridgehead atoms. The Hall–Kier alpha value is -2.63. The molecule has 0 saturated heterocycles. The van der Waals surface area contributed by atoms with Crippen LogP contribution >= 0.6 is 0 Å². The van der Waals surface area contributed by atoms with Gasteiger partial charge in [-0.05, 0) is 62.8 Å². The number of amides is 1. The van der Waals surface area contributed by atoms with E-state index in [1.54, 1.807) is 13.8 Å². The molecule has 0 unspecified atom stereocenters. The molecule has 132 valence electrons. The van der Waals surface area contributed by atoms with E-state index in [0.29, 0.717) is 23.4 Å². The third-order valence-electron chi connectivity index (χ3n) is 4.49. The first-order valence-electron chi connectivity index (χ1n) is 8.58. The summed E-state index contributed by atoms with van der Waals surface area (Å²) >= 11 is 0. The molecule has 1 aliphatic rings. The third-order valence-corrected chi connectivity index (χ3v) is 4.49. The van der Waals surface area contributed by atoms with E-state index in [1.165, 1.54) is 11.1 Å². The molecule has 1 aliphatic carbocycles. The van der Waals surface area contributed by atoms with Gasteiger partial charge in [0.1, 0.15) is 11.3 Å². The lowest BCUT2D eigenvalue weighted by atomic mass is 10.1. The Kier molecular flexibility index (Phi) is 4.88. The zero-order valence-electron chi connectivity index (χ0n) is 14.7. The number of rotatable bonds is 5. The predicted molar refractivity (Wildman–Crippen MR) is 92.6 cm³/mol. The molecule has 1 amide bonds. The van der Waals surface area contributed by atoms with Crippen molar-refractivity contribution in [2.24, 2.45) is 0 Å². The van der Waals surface area contributed by atoms with Gasteiger partial charge in [0.25, 0.3) is 5.91 Å². The molecule has 0 spiro atoms. The minimum Gasteiger partial charge on any atom is -0.449 e. The number of aryl methyl sites for hydroxylation is 4. The number of aromatic nitrogens is 1. The van der Waals surface area contributed by atoms with Crippen LogP contribution in [0.2, 0.25) is 0 Å². The van der Waals surface area contributed by atoms with Crippen molar-refractivity contribution in [3.8, 4) is 0 Å². The first-order chi connectivity index (χ1) is 12.0. The molecule has 1 N–H and O–H groups in total. The smallest absolute Gasteiger partial charge is 0.344 e. The largest absolute Gasteiger partial charge is 0.449 e. The minimum atomic E-state index is -0.917. The number of ether oxygens (including phenoxy) is 1. The van der Waals surface area contributed by atoms with E-state index in [2.05, 4.69) is 10.5 Å². The van der Waals surface area contributed by atoms with Crippen molar-refractivity contribution in [1.82, 2.24) is 5.16 Å². The van der Waals surface area contributed by atoms with E-state index in [4.69, 9.17) is 9.26 Å². The van der Waals surface area contributed by atoms with E-state index in [-0.39, 0.29) is 5.91 Å². The highest BCUT2D eigenvalue weighted by Crippen LogP contribution is 2.25. The van der Waals surface area contributed by atoms with E-state index >= 15 is 0 Å². The number of esters is 1. The number of hydrogen-bond acceptors (Lipinski definition) is 5. The highest BCUT2D eigenvalue weighted by atomic mass is 16.5. The lowest BCUT2D eigenvalue weighted by molar-refractivity contribution is -0.123. The van der Waals surface area contributed by atoms with Crippen LogP contribution in [0.3, 0.4) is 0 Å². The normalized spacial score (nSPS) is 14.0. The van der Waals surface area contributed by atoms with Crippen LogP contribution in [0.4, 0.5) is 5.69 Å². The van der Waals surface area contributed by atoms with Crippen LogP contribution in [0, 0.1) is 6.92 Å². The highest BCUT2D eigenvalue weighted by Gasteiger charge is 2.25. The van der Waals surface area contributed by atoms with Crippen molar-refractivity contribution in [1.29, 1.82) is 0 Å². The van der Waals surface area contributed by atoms with Gasteiger partial charge in [-0.25, -0.2) is 4.79 Å². The molecule has 3 rings (SSSR count). The molecule has 2 aromatic rings. The van der Waals surface area contributed by atoms with Gasteiger partial charge in [-0.15, -0.1) is 0 Å². The zero-order valence-corrected chi connectivity index (χ0v) is 14.7. The first-order valence-corrected chi connectivity index (χ1v) is 8.58. The van der Waals surface area contributed by atoms with Crippen LogP contribution in [0.1, 0.15) is 53.2 Å². The van der Waals surface area contributed by atoms with Gasteiger partial charge in [0.15, 0.2) is 6.10 Å². The monoisotopic (exact) mass is 342 g/mol. The Bertz CT molecular complexity index is 810. The third kappa shape index (κ3) is 3.57. The molecular weight excluding hydrogens is 320 g/mol. The molecule has 6 nitrogen and oxygen atoms in total. The molecule has 1 aromatic carbocycles. The molecular formula is C19H22N2O4. The van der Waals surface area contributed by atoms with Crippen LogP contribution in [0.25, 0.3) is 0 Å². The van der Waals surface area contributed by atoms with Crippen LogP contribution in [0.5, 0.6) is 0 Å². The molecule has 0 radical (unpaired) electrons. The molecule has 1 heterocycles. The van der Waals surface area contributed by atoms with Crippen molar-refractivity contribution in [3.63, 3.8) is 0 Å². The molecule has 0 saturated carbocycles. The molecule has 25 heavy (non-hydrogen) atoms. The summed E-state index contributed by atoms with van der Waals surface area (Å²) in [5, 5.41) is 6.64. The fourth-order valence-corrected chi connectivity index (χ4v) is 3.09. The molecule has 6 heteroatoms. The van der Waals surface area contributed by atoms with Gasteiger partial charge in [-0.1, -0.05) is 18.1 Å². The fraction of sp³-hybridized carbons (Fsp3) is 0.421. The van der Waals surface area contributed by atoms with Crippen LogP contribution in [0.15, 0.2) is 22.7 Å². The second-order valence-corrected chi connectivity index (χ2v) is 6.29. The Morgan fingerprint density at radius 1 is 1.32 bits per heavy atom. The van der Waals surface area contributed by atoms with Gasteiger partial charge in [-0.3, -0.25) is 4.79 Å². The quantitative estimate of drug-likeness (QED) is 0.844. The van der Waals surface area contributed by atoms with Crippen molar-refractivity contribution in [3.05, 3.63) is 46.3 Å². The van der Waals surface area contributed by atoms with Gasteiger partial charge in [0, 0.05) is 5.69 Å². The Morgan fingerprint density at radius 2 is 2.08 bits per heavy atom. The second kappa shape index (κ2) is 7.09. The summed E-state index contributed by atoms with van der Waals surface area (Å²) in [6.07, 6.45) is 2.92. The summed E-state index contributed by atoms with van der Waals surface area (Å²) in [7, 11) is 0. The van der Waals surface area contributed by atoms with Crippen LogP contribution < -0.4 is 5.32 Å². The summed E-state index contributed by atoms with van der Waals surface area (Å²) in [5.74, 6) is -0.557. The summed E-state index contributed by atoms with van der Waals surface area (Å²) in [6, 6.07) is 5.92. The summed E-state index contributed by atoms with van der Waals surface area (Å²) < 4.78 is 10.3. The average Bonchev–Trinajstić information content (AvgIpc) is 3.20. The maximum absolute atomic E-state index is 12.3. The van der Waals surface area contributed by atoms with E-state index in [0.717, 1.165) is 24.9 Å². The maximum atomic E-state index is 12.3. The maximum Gasteiger partial charge on any atom is 0.344 e. The van der Waals surface area contributed by atoms with Gasteiger partial charge in [-0.2, -0.15) is 0 Å². The predicted octanol–water partition coefficient (Wildman–Crippen LogP) is 3.22. The average molecular weight is 342 g/mol. The molecule has 1 aromatic heterocycles. The number of anilines is 1. The standard InChI is InChI=1S/C19H22N2O4/c1-4-16-17(11(2)25-21-16)19(23)24-12(3)18(22)20-15-9-8-13-6-5-7-14(13)10-15/h8-10,12H,4-7H2,1-3H3,(H,20,22)/t12-/m0/s1. The number of carbonyl (C=O) groups excluding carboxylic acids is 2. The van der Waals surface area contributed by atoms with Crippen LogP contribution in [-0.2, 0) is 28.8 Å². The molecule has 0 aliphatic heterocycles. The van der Waals surface area contributed by atoms with Gasteiger partial charge in [0.2, 0.25) is 0 Å². The van der Waals surface area contributed by atoms with Crippen molar-refractivity contribution in [2.45, 2.75) is 52.6 Å². The number of benzene rings is 1. The van der Waals surface area contributed by atoms with Crippen molar-refractivity contribution in [2.75, 3.05) is 5.32 Å². The van der Waals surface area contributed by atoms with E-state index in [9.17, 15) is 9.59 Å². The van der Waals surface area contributed by atoms with Crippen LogP contribution in [-0.4, -0.2) is 23.1 Å². The molecule has 0 fully saturated rings. The SMILES string of the molecule is CCc1noc(C)c1C(=O)O[C@@H](C)C(=O)Nc1ccc2c(c1)CCC2. The summed E-state index contributed by atoms with van der Waals surface area (Å²) in [4.78, 5) is 24.7. The Labute approximate surface area is 146 Å². The highest BCUT2D eigenvalue weighted by molar-refractivity contribution is 5.98. The lowest BCUT2D eigenvalue weighted by Crippen LogP contribution is -2.30. The zero-order chi connectivity index (χ0) is 18.0. The van der Waals surface area contributed by atoms with Crippen molar-refractivity contribution < 1.29 is 18.8 Å². The summed E-state index contributed by atoms with van der Waals surface area (Å²) in [6.45, 7) is 5.07. The first kappa shape index (κ1) is 17.2. The number of nitrogens with one attached hydrogen (secondary N) is 1. The van der Waals surface area contributed by atoms with Gasteiger partial charge >= 0.3 is 5.97 Å². The topological polar surface area (TPSA) is 81.4 Å². The Balaban J connectivity index is 1.64. The number of carbonyl (C=O) groups is 2. The second-order valence-electron chi connectivity index (χ2n) is 6.29.